The number of ether oxygens (including phenoxy) is 1. The van der Waals surface area contributed by atoms with Gasteiger partial charge < -0.3 is 13.7 Å². The first-order valence-electron chi connectivity index (χ1n) is 7.61. The molecule has 0 radical (unpaired) electrons. The van der Waals surface area contributed by atoms with Crippen LogP contribution < -0.4 is 0 Å². The van der Waals surface area contributed by atoms with E-state index in [1.807, 2.05) is 23.7 Å². The third-order valence-corrected chi connectivity index (χ3v) is 4.69. The molecule has 0 bridgehead atoms. The van der Waals surface area contributed by atoms with Crippen molar-refractivity contribution >= 4 is 11.8 Å². The van der Waals surface area contributed by atoms with Gasteiger partial charge in [0.1, 0.15) is 12.1 Å². The fourth-order valence-corrected chi connectivity index (χ4v) is 3.33. The predicted octanol–water partition coefficient (Wildman–Crippen LogP) is 2.56. The van der Waals surface area contributed by atoms with Gasteiger partial charge in [-0.2, -0.15) is 0 Å². The standard InChI is InChI=1S/C15H22N4O2S/c1-18(9-12-5-3-4-8-20-12)10-13-6-7-14(21-13)22-15-17-16-11-19(15)2/h6-7,11-12H,3-5,8-10H2,1-2H3. The van der Waals surface area contributed by atoms with Gasteiger partial charge >= 0.3 is 0 Å². The Balaban J connectivity index is 1.51. The van der Waals surface area contributed by atoms with Crippen LogP contribution in [0.1, 0.15) is 25.0 Å². The lowest BCUT2D eigenvalue weighted by atomic mass is 10.1. The second-order valence-corrected chi connectivity index (χ2v) is 6.70. The highest BCUT2D eigenvalue weighted by Gasteiger charge is 2.17. The van der Waals surface area contributed by atoms with Crippen molar-refractivity contribution < 1.29 is 9.15 Å². The summed E-state index contributed by atoms with van der Waals surface area (Å²) in [6, 6.07) is 4.01. The van der Waals surface area contributed by atoms with Gasteiger partial charge in [-0.15, -0.1) is 10.2 Å². The number of hydrogen-bond donors (Lipinski definition) is 0. The molecule has 3 rings (SSSR count). The minimum Gasteiger partial charge on any atom is -0.453 e. The van der Waals surface area contributed by atoms with E-state index in [-0.39, 0.29) is 0 Å². The summed E-state index contributed by atoms with van der Waals surface area (Å²) >= 11 is 1.48. The van der Waals surface area contributed by atoms with Gasteiger partial charge in [0.2, 0.25) is 0 Å². The molecule has 0 amide bonds. The van der Waals surface area contributed by atoms with Crippen LogP contribution in [0.4, 0.5) is 0 Å². The SMILES string of the molecule is CN(Cc1ccc(Sc2nncn2C)o1)CC1CCCCO1. The molecule has 7 heteroatoms. The molecule has 1 aliphatic rings. The molecule has 0 spiro atoms. The van der Waals surface area contributed by atoms with E-state index in [1.54, 1.807) is 6.33 Å². The van der Waals surface area contributed by atoms with E-state index in [1.165, 1.54) is 24.6 Å². The van der Waals surface area contributed by atoms with Gasteiger partial charge in [0.15, 0.2) is 10.2 Å². The van der Waals surface area contributed by atoms with E-state index in [0.29, 0.717) is 6.10 Å². The number of aryl methyl sites for hydroxylation is 1. The van der Waals surface area contributed by atoms with Crippen LogP contribution >= 0.6 is 11.8 Å². The van der Waals surface area contributed by atoms with Gasteiger partial charge in [-0.05, 0) is 50.2 Å². The highest BCUT2D eigenvalue weighted by molar-refractivity contribution is 7.99. The quantitative estimate of drug-likeness (QED) is 0.815. The smallest absolute Gasteiger partial charge is 0.198 e. The van der Waals surface area contributed by atoms with E-state index in [9.17, 15) is 0 Å². The van der Waals surface area contributed by atoms with E-state index >= 15 is 0 Å². The van der Waals surface area contributed by atoms with Crippen LogP contribution in [0.15, 0.2) is 33.1 Å². The monoisotopic (exact) mass is 322 g/mol. The molecule has 0 aliphatic carbocycles. The molecule has 1 aliphatic heterocycles. The first-order chi connectivity index (χ1) is 10.7. The third-order valence-electron chi connectivity index (χ3n) is 3.71. The Hall–Kier alpha value is -1.31. The second kappa shape index (κ2) is 7.30. The van der Waals surface area contributed by atoms with Crippen molar-refractivity contribution in [3.63, 3.8) is 0 Å². The number of hydrogen-bond acceptors (Lipinski definition) is 6. The zero-order valence-electron chi connectivity index (χ0n) is 13.1. The molecule has 3 heterocycles. The van der Waals surface area contributed by atoms with Gasteiger partial charge in [-0.3, -0.25) is 4.90 Å². The Kier molecular flexibility index (Phi) is 5.17. The number of nitrogens with zero attached hydrogens (tertiary/aromatic N) is 4. The number of furan rings is 1. The molecule has 2 aromatic heterocycles. The van der Waals surface area contributed by atoms with Gasteiger partial charge in [-0.25, -0.2) is 0 Å². The molecular weight excluding hydrogens is 300 g/mol. The fraction of sp³-hybridized carbons (Fsp3) is 0.600. The van der Waals surface area contributed by atoms with E-state index in [0.717, 1.165) is 42.1 Å². The van der Waals surface area contributed by atoms with Crippen molar-refractivity contribution in [3.05, 3.63) is 24.2 Å². The van der Waals surface area contributed by atoms with Crippen molar-refractivity contribution in [1.29, 1.82) is 0 Å². The summed E-state index contributed by atoms with van der Waals surface area (Å²) in [5.41, 5.74) is 0. The molecule has 120 valence electrons. The van der Waals surface area contributed by atoms with Crippen LogP contribution in [0.3, 0.4) is 0 Å². The number of rotatable bonds is 6. The third kappa shape index (κ3) is 4.12. The molecular formula is C15H22N4O2S. The molecule has 0 aromatic carbocycles. The molecule has 1 atom stereocenters. The molecule has 1 fully saturated rings. The van der Waals surface area contributed by atoms with Crippen LogP contribution in [-0.2, 0) is 18.3 Å². The maximum Gasteiger partial charge on any atom is 0.198 e. The van der Waals surface area contributed by atoms with Crippen molar-refractivity contribution in [3.8, 4) is 0 Å². The zero-order chi connectivity index (χ0) is 15.4. The average molecular weight is 322 g/mol. The average Bonchev–Trinajstić information content (AvgIpc) is 3.10. The largest absolute Gasteiger partial charge is 0.453 e. The summed E-state index contributed by atoms with van der Waals surface area (Å²) < 4.78 is 13.5. The van der Waals surface area contributed by atoms with Crippen molar-refractivity contribution in [1.82, 2.24) is 19.7 Å². The highest BCUT2D eigenvalue weighted by Crippen LogP contribution is 2.27. The van der Waals surface area contributed by atoms with Crippen molar-refractivity contribution in [2.75, 3.05) is 20.2 Å². The molecule has 22 heavy (non-hydrogen) atoms. The number of aromatic nitrogens is 3. The lowest BCUT2D eigenvalue weighted by Gasteiger charge is -2.26. The molecule has 2 aromatic rings. The summed E-state index contributed by atoms with van der Waals surface area (Å²) in [5.74, 6) is 0.961. The Morgan fingerprint density at radius 3 is 3.05 bits per heavy atom. The molecule has 6 nitrogen and oxygen atoms in total. The van der Waals surface area contributed by atoms with Crippen LogP contribution in [0.2, 0.25) is 0 Å². The second-order valence-electron chi connectivity index (χ2n) is 5.73. The first kappa shape index (κ1) is 15.6. The number of likely N-dealkylation sites (N-methyl/N-ethyl adjacent to an activating group) is 1. The lowest BCUT2D eigenvalue weighted by molar-refractivity contribution is -0.00350. The molecule has 0 N–H and O–H groups in total. The normalized spacial score (nSPS) is 19.0. The Labute approximate surface area is 134 Å². The van der Waals surface area contributed by atoms with Crippen LogP contribution in [0, 0.1) is 0 Å². The summed E-state index contributed by atoms with van der Waals surface area (Å²) in [5, 5.41) is 9.58. The maximum absolute atomic E-state index is 5.87. The van der Waals surface area contributed by atoms with Gasteiger partial charge in [0.05, 0.1) is 12.6 Å². The van der Waals surface area contributed by atoms with Crippen molar-refractivity contribution in [2.45, 2.75) is 42.2 Å². The van der Waals surface area contributed by atoms with Gasteiger partial charge in [0, 0.05) is 20.2 Å². The highest BCUT2D eigenvalue weighted by atomic mass is 32.2. The predicted molar refractivity (Wildman–Crippen MR) is 83.8 cm³/mol. The minimum absolute atomic E-state index is 0.362. The summed E-state index contributed by atoms with van der Waals surface area (Å²) in [7, 11) is 4.03. The Morgan fingerprint density at radius 2 is 2.32 bits per heavy atom. The molecule has 0 saturated carbocycles. The summed E-state index contributed by atoms with van der Waals surface area (Å²) in [4.78, 5) is 2.26. The van der Waals surface area contributed by atoms with E-state index in [4.69, 9.17) is 9.15 Å². The minimum atomic E-state index is 0.362. The first-order valence-corrected chi connectivity index (χ1v) is 8.43. The molecule has 1 saturated heterocycles. The van der Waals surface area contributed by atoms with Gasteiger partial charge in [-0.1, -0.05) is 0 Å². The van der Waals surface area contributed by atoms with Crippen LogP contribution in [0.25, 0.3) is 0 Å². The van der Waals surface area contributed by atoms with E-state index < -0.39 is 0 Å². The van der Waals surface area contributed by atoms with Crippen LogP contribution in [0.5, 0.6) is 0 Å². The Morgan fingerprint density at radius 1 is 1.41 bits per heavy atom. The lowest BCUT2D eigenvalue weighted by Crippen LogP contribution is -2.32. The van der Waals surface area contributed by atoms with E-state index in [2.05, 4.69) is 22.1 Å². The topological polar surface area (TPSA) is 56.3 Å². The summed E-state index contributed by atoms with van der Waals surface area (Å²) in [6.07, 6.45) is 5.68. The summed E-state index contributed by atoms with van der Waals surface area (Å²) in [6.45, 7) is 2.64. The fourth-order valence-electron chi connectivity index (χ4n) is 2.58. The van der Waals surface area contributed by atoms with Gasteiger partial charge in [0.25, 0.3) is 0 Å². The molecule has 1 unspecified atom stereocenters. The van der Waals surface area contributed by atoms with Crippen LogP contribution in [-0.4, -0.2) is 46.0 Å². The zero-order valence-corrected chi connectivity index (χ0v) is 13.9. The Bertz CT molecular complexity index is 592. The maximum atomic E-state index is 5.87. The van der Waals surface area contributed by atoms with Crippen molar-refractivity contribution in [2.24, 2.45) is 7.05 Å².